The molecule has 15 heavy (non-hydrogen) atoms. The Bertz CT molecular complexity index is 299. The van der Waals surface area contributed by atoms with Crippen molar-refractivity contribution in [1.29, 1.82) is 0 Å². The van der Waals surface area contributed by atoms with Crippen molar-refractivity contribution in [2.75, 3.05) is 7.05 Å². The van der Waals surface area contributed by atoms with Gasteiger partial charge in [-0.3, -0.25) is 4.98 Å². The first-order valence-electron chi connectivity index (χ1n) is 5.40. The number of hydrogen-bond acceptors (Lipinski definition) is 2. The van der Waals surface area contributed by atoms with Crippen LogP contribution in [-0.4, -0.2) is 18.1 Å². The van der Waals surface area contributed by atoms with E-state index in [1.807, 2.05) is 25.4 Å². The summed E-state index contributed by atoms with van der Waals surface area (Å²) < 4.78 is 1.11. The molecule has 0 spiro atoms. The van der Waals surface area contributed by atoms with E-state index >= 15 is 0 Å². The number of rotatable bonds is 5. The molecule has 0 bridgehead atoms. The molecule has 84 valence electrons. The fourth-order valence-electron chi connectivity index (χ4n) is 1.67. The zero-order chi connectivity index (χ0) is 11.3. The highest BCUT2D eigenvalue weighted by Crippen LogP contribution is 2.17. The lowest BCUT2D eigenvalue weighted by molar-refractivity contribution is 0.437. The standard InChI is InChI=1S/C12H19BrN2/c1-9(2)7-10(14-3)8-12-11(13)5-4-6-15-12/h4-6,9-10,14H,7-8H2,1-3H3. The Morgan fingerprint density at radius 1 is 1.47 bits per heavy atom. The number of nitrogens with one attached hydrogen (secondary N) is 1. The minimum Gasteiger partial charge on any atom is -0.317 e. The molecule has 0 saturated heterocycles. The van der Waals surface area contributed by atoms with Crippen molar-refractivity contribution in [2.24, 2.45) is 5.92 Å². The second-order valence-electron chi connectivity index (χ2n) is 4.25. The average molecular weight is 271 g/mol. The van der Waals surface area contributed by atoms with Crippen molar-refractivity contribution in [3.63, 3.8) is 0 Å². The Kier molecular flexibility index (Phi) is 5.26. The maximum Gasteiger partial charge on any atom is 0.0560 e. The summed E-state index contributed by atoms with van der Waals surface area (Å²) >= 11 is 3.53. The number of pyridine rings is 1. The molecule has 1 heterocycles. The maximum absolute atomic E-state index is 4.39. The molecule has 0 radical (unpaired) electrons. The molecule has 1 aromatic rings. The average Bonchev–Trinajstić information content (AvgIpc) is 2.19. The lowest BCUT2D eigenvalue weighted by Gasteiger charge is -2.18. The Morgan fingerprint density at radius 2 is 2.20 bits per heavy atom. The highest BCUT2D eigenvalue weighted by Gasteiger charge is 2.11. The third kappa shape index (κ3) is 4.31. The summed E-state index contributed by atoms with van der Waals surface area (Å²) in [7, 11) is 2.02. The second kappa shape index (κ2) is 6.23. The van der Waals surface area contributed by atoms with Crippen molar-refractivity contribution < 1.29 is 0 Å². The molecule has 0 fully saturated rings. The molecule has 1 unspecified atom stereocenters. The van der Waals surface area contributed by atoms with Crippen LogP contribution in [-0.2, 0) is 6.42 Å². The van der Waals surface area contributed by atoms with Crippen molar-refractivity contribution in [2.45, 2.75) is 32.7 Å². The molecule has 1 aromatic heterocycles. The summed E-state index contributed by atoms with van der Waals surface area (Å²) in [4.78, 5) is 4.39. The zero-order valence-corrected chi connectivity index (χ0v) is 11.2. The minimum absolute atomic E-state index is 0.510. The smallest absolute Gasteiger partial charge is 0.0560 e. The molecule has 1 rings (SSSR count). The van der Waals surface area contributed by atoms with E-state index in [-0.39, 0.29) is 0 Å². The van der Waals surface area contributed by atoms with Crippen molar-refractivity contribution >= 4 is 15.9 Å². The number of aromatic nitrogens is 1. The lowest BCUT2D eigenvalue weighted by Crippen LogP contribution is -2.29. The quantitative estimate of drug-likeness (QED) is 0.890. The Balaban J connectivity index is 2.62. The zero-order valence-electron chi connectivity index (χ0n) is 9.63. The van der Waals surface area contributed by atoms with Crippen molar-refractivity contribution in [3.8, 4) is 0 Å². The van der Waals surface area contributed by atoms with Gasteiger partial charge in [-0.25, -0.2) is 0 Å². The summed E-state index contributed by atoms with van der Waals surface area (Å²) in [5.41, 5.74) is 1.14. The summed E-state index contributed by atoms with van der Waals surface area (Å²) in [6.45, 7) is 4.50. The Labute approximate surface area is 101 Å². The highest BCUT2D eigenvalue weighted by atomic mass is 79.9. The van der Waals surface area contributed by atoms with Crippen LogP contribution in [0.1, 0.15) is 26.0 Å². The van der Waals surface area contributed by atoms with Gasteiger partial charge in [0.05, 0.1) is 5.69 Å². The van der Waals surface area contributed by atoms with Gasteiger partial charge in [0.1, 0.15) is 0 Å². The summed E-state index contributed by atoms with van der Waals surface area (Å²) in [6.07, 6.45) is 4.01. The molecule has 0 aliphatic heterocycles. The molecule has 1 atom stereocenters. The first-order chi connectivity index (χ1) is 7.13. The van der Waals surface area contributed by atoms with E-state index in [1.165, 1.54) is 6.42 Å². The predicted octanol–water partition coefficient (Wildman–Crippen LogP) is 3.02. The molecule has 0 aromatic carbocycles. The number of hydrogen-bond donors (Lipinski definition) is 1. The van der Waals surface area contributed by atoms with E-state index < -0.39 is 0 Å². The van der Waals surface area contributed by atoms with Gasteiger partial charge in [0.2, 0.25) is 0 Å². The second-order valence-corrected chi connectivity index (χ2v) is 5.11. The van der Waals surface area contributed by atoms with Crippen LogP contribution in [0.15, 0.2) is 22.8 Å². The van der Waals surface area contributed by atoms with E-state index in [0.717, 1.165) is 16.6 Å². The molecular weight excluding hydrogens is 252 g/mol. The lowest BCUT2D eigenvalue weighted by atomic mass is 10.00. The minimum atomic E-state index is 0.510. The molecule has 0 amide bonds. The van der Waals surface area contributed by atoms with Crippen LogP contribution in [0.3, 0.4) is 0 Å². The Hall–Kier alpha value is -0.410. The predicted molar refractivity (Wildman–Crippen MR) is 67.9 cm³/mol. The van der Waals surface area contributed by atoms with E-state index in [2.05, 4.69) is 40.1 Å². The summed E-state index contributed by atoms with van der Waals surface area (Å²) in [6, 6.07) is 4.51. The SMILES string of the molecule is CNC(Cc1ncccc1Br)CC(C)C. The van der Waals surface area contributed by atoms with Crippen LogP contribution in [0.4, 0.5) is 0 Å². The molecular formula is C12H19BrN2. The first kappa shape index (κ1) is 12.7. The molecule has 1 N–H and O–H groups in total. The largest absolute Gasteiger partial charge is 0.317 e. The fraction of sp³-hybridized carbons (Fsp3) is 0.583. The van der Waals surface area contributed by atoms with Crippen LogP contribution in [0.5, 0.6) is 0 Å². The number of halogens is 1. The van der Waals surface area contributed by atoms with Gasteiger partial charge < -0.3 is 5.32 Å². The third-order valence-electron chi connectivity index (χ3n) is 2.44. The van der Waals surface area contributed by atoms with E-state index in [4.69, 9.17) is 0 Å². The molecule has 2 nitrogen and oxygen atoms in total. The van der Waals surface area contributed by atoms with Gasteiger partial charge in [0.25, 0.3) is 0 Å². The van der Waals surface area contributed by atoms with E-state index in [1.54, 1.807) is 0 Å². The molecule has 0 saturated carbocycles. The van der Waals surface area contributed by atoms with E-state index in [9.17, 15) is 0 Å². The normalized spacial score (nSPS) is 13.1. The van der Waals surface area contributed by atoms with Crippen molar-refractivity contribution in [3.05, 3.63) is 28.5 Å². The van der Waals surface area contributed by atoms with Gasteiger partial charge in [-0.1, -0.05) is 13.8 Å². The topological polar surface area (TPSA) is 24.9 Å². The van der Waals surface area contributed by atoms with Crippen LogP contribution >= 0.6 is 15.9 Å². The van der Waals surface area contributed by atoms with Gasteiger partial charge in [-0.05, 0) is 47.4 Å². The molecule has 0 aliphatic carbocycles. The van der Waals surface area contributed by atoms with Gasteiger partial charge in [-0.2, -0.15) is 0 Å². The number of nitrogens with zero attached hydrogens (tertiary/aromatic N) is 1. The summed E-state index contributed by atoms with van der Waals surface area (Å²) in [5.74, 6) is 0.713. The Morgan fingerprint density at radius 3 is 2.73 bits per heavy atom. The van der Waals surface area contributed by atoms with Crippen molar-refractivity contribution in [1.82, 2.24) is 10.3 Å². The monoisotopic (exact) mass is 270 g/mol. The van der Waals surface area contributed by atoms with E-state index in [0.29, 0.717) is 12.0 Å². The first-order valence-corrected chi connectivity index (χ1v) is 6.19. The van der Waals surface area contributed by atoms with Gasteiger partial charge in [0, 0.05) is 23.1 Å². The maximum atomic E-state index is 4.39. The van der Waals surface area contributed by atoms with Crippen LogP contribution in [0, 0.1) is 5.92 Å². The fourth-order valence-corrected chi connectivity index (χ4v) is 2.09. The highest BCUT2D eigenvalue weighted by molar-refractivity contribution is 9.10. The number of likely N-dealkylation sites (N-methyl/N-ethyl adjacent to an activating group) is 1. The van der Waals surface area contributed by atoms with Gasteiger partial charge in [-0.15, -0.1) is 0 Å². The summed E-state index contributed by atoms with van der Waals surface area (Å²) in [5, 5.41) is 3.35. The molecule has 0 aliphatic rings. The third-order valence-corrected chi connectivity index (χ3v) is 3.16. The van der Waals surface area contributed by atoms with Gasteiger partial charge >= 0.3 is 0 Å². The van der Waals surface area contributed by atoms with Crippen LogP contribution < -0.4 is 5.32 Å². The van der Waals surface area contributed by atoms with Gasteiger partial charge in [0.15, 0.2) is 0 Å². The van der Waals surface area contributed by atoms with Crippen LogP contribution in [0.2, 0.25) is 0 Å². The molecule has 3 heteroatoms. The van der Waals surface area contributed by atoms with Crippen LogP contribution in [0.25, 0.3) is 0 Å².